The monoisotopic (exact) mass is 209 g/mol. The summed E-state index contributed by atoms with van der Waals surface area (Å²) in [5.74, 6) is 0. The van der Waals surface area contributed by atoms with E-state index in [1.54, 1.807) is 6.92 Å². The molecule has 0 amide bonds. The summed E-state index contributed by atoms with van der Waals surface area (Å²) in [7, 11) is 0. The van der Waals surface area contributed by atoms with E-state index in [9.17, 15) is 13.2 Å². The van der Waals surface area contributed by atoms with E-state index in [1.165, 1.54) is 6.20 Å². The molecule has 5 heteroatoms. The van der Waals surface area contributed by atoms with E-state index >= 15 is 0 Å². The van der Waals surface area contributed by atoms with Gasteiger partial charge in [0.25, 0.3) is 0 Å². The van der Waals surface area contributed by atoms with Gasteiger partial charge in [0.1, 0.15) is 0 Å². The average molecular weight is 210 g/mol. The maximum absolute atomic E-state index is 12.4. The summed E-state index contributed by atoms with van der Waals surface area (Å²) in [6, 6.07) is 0. The average Bonchev–Trinajstić information content (AvgIpc) is 2.01. The second-order valence-electron chi connectivity index (χ2n) is 2.51. The van der Waals surface area contributed by atoms with Gasteiger partial charge in [0, 0.05) is 12.4 Å². The molecular formula is C8H7ClF3N. The fourth-order valence-electron chi connectivity index (χ4n) is 1.06. The number of pyridine rings is 1. The minimum absolute atomic E-state index is 0.125. The summed E-state index contributed by atoms with van der Waals surface area (Å²) >= 11 is 5.41. The third-order valence-corrected chi connectivity index (χ3v) is 1.93. The first kappa shape index (κ1) is 10.3. The van der Waals surface area contributed by atoms with Gasteiger partial charge in [0.2, 0.25) is 0 Å². The Labute approximate surface area is 78.5 Å². The Morgan fingerprint density at radius 2 is 2.00 bits per heavy atom. The summed E-state index contributed by atoms with van der Waals surface area (Å²) in [4.78, 5) is 3.60. The zero-order chi connectivity index (χ0) is 10.1. The highest BCUT2D eigenvalue weighted by Gasteiger charge is 2.35. The van der Waals surface area contributed by atoms with Gasteiger partial charge in [0.05, 0.1) is 10.6 Å². The molecule has 0 atom stereocenters. The molecule has 0 fully saturated rings. The second kappa shape index (κ2) is 3.54. The van der Waals surface area contributed by atoms with Gasteiger partial charge in [-0.1, -0.05) is 18.5 Å². The molecule has 0 bridgehead atoms. The molecule has 0 aliphatic heterocycles. The number of nitrogens with zero attached hydrogens (tertiary/aromatic N) is 1. The van der Waals surface area contributed by atoms with Gasteiger partial charge in [0.15, 0.2) is 0 Å². The minimum atomic E-state index is -4.40. The van der Waals surface area contributed by atoms with E-state index in [2.05, 4.69) is 4.98 Å². The molecule has 0 spiro atoms. The smallest absolute Gasteiger partial charge is 0.263 e. The van der Waals surface area contributed by atoms with Gasteiger partial charge >= 0.3 is 6.18 Å². The Bertz CT molecular complexity index is 309. The highest BCUT2D eigenvalue weighted by Crippen LogP contribution is 2.36. The number of hydrogen-bond donors (Lipinski definition) is 0. The first-order chi connectivity index (χ1) is 5.96. The van der Waals surface area contributed by atoms with Crippen molar-refractivity contribution in [3.05, 3.63) is 28.5 Å². The molecule has 0 aromatic carbocycles. The molecular weight excluding hydrogens is 203 g/mol. The van der Waals surface area contributed by atoms with Crippen molar-refractivity contribution in [1.82, 2.24) is 4.98 Å². The van der Waals surface area contributed by atoms with Gasteiger partial charge in [-0.2, -0.15) is 13.2 Å². The van der Waals surface area contributed by atoms with E-state index in [1.807, 2.05) is 0 Å². The highest BCUT2D eigenvalue weighted by atomic mass is 35.5. The molecule has 13 heavy (non-hydrogen) atoms. The van der Waals surface area contributed by atoms with Crippen LogP contribution in [0.4, 0.5) is 13.2 Å². The molecule has 0 saturated heterocycles. The summed E-state index contributed by atoms with van der Waals surface area (Å²) < 4.78 is 37.2. The Hall–Kier alpha value is -0.770. The molecule has 0 aliphatic rings. The summed E-state index contributed by atoms with van der Waals surface area (Å²) in [6.07, 6.45) is -1.94. The Morgan fingerprint density at radius 3 is 2.38 bits per heavy atom. The third kappa shape index (κ3) is 2.12. The van der Waals surface area contributed by atoms with Gasteiger partial charge in [-0.25, -0.2) is 0 Å². The van der Waals surface area contributed by atoms with Gasteiger partial charge in [-0.15, -0.1) is 0 Å². The Kier molecular flexibility index (Phi) is 2.81. The van der Waals surface area contributed by atoms with Crippen LogP contribution in [0.5, 0.6) is 0 Å². The molecule has 0 saturated carbocycles. The number of alkyl halides is 3. The molecule has 0 radical (unpaired) electrons. The van der Waals surface area contributed by atoms with Crippen molar-refractivity contribution in [3.8, 4) is 0 Å². The molecule has 72 valence electrons. The standard InChI is InChI=1S/C8H7ClF3N/c1-2-5-3-13-4-6(9)7(5)8(10,11)12/h3-4H,2H2,1H3. The molecule has 1 aromatic heterocycles. The quantitative estimate of drug-likeness (QED) is 0.692. The fourth-order valence-corrected chi connectivity index (χ4v) is 1.35. The van der Waals surface area contributed by atoms with Gasteiger partial charge < -0.3 is 0 Å². The van der Waals surface area contributed by atoms with Crippen LogP contribution in [0.25, 0.3) is 0 Å². The van der Waals surface area contributed by atoms with Crippen molar-refractivity contribution in [2.24, 2.45) is 0 Å². The maximum atomic E-state index is 12.4. The van der Waals surface area contributed by atoms with Crippen LogP contribution in [0.15, 0.2) is 12.4 Å². The van der Waals surface area contributed by atoms with Crippen molar-refractivity contribution in [3.63, 3.8) is 0 Å². The van der Waals surface area contributed by atoms with E-state index in [4.69, 9.17) is 11.6 Å². The summed E-state index contributed by atoms with van der Waals surface area (Å²) in [5.41, 5.74) is -0.647. The van der Waals surface area contributed by atoms with Crippen LogP contribution in [0.3, 0.4) is 0 Å². The minimum Gasteiger partial charge on any atom is -0.263 e. The van der Waals surface area contributed by atoms with E-state index < -0.39 is 11.7 Å². The van der Waals surface area contributed by atoms with Crippen LogP contribution in [0, 0.1) is 0 Å². The third-order valence-electron chi connectivity index (χ3n) is 1.64. The lowest BCUT2D eigenvalue weighted by atomic mass is 10.1. The predicted octanol–water partition coefficient (Wildman–Crippen LogP) is 3.32. The Balaban J connectivity index is 3.32. The van der Waals surface area contributed by atoms with E-state index in [0.29, 0.717) is 0 Å². The van der Waals surface area contributed by atoms with Crippen molar-refractivity contribution < 1.29 is 13.2 Å². The van der Waals surface area contributed by atoms with Crippen molar-refractivity contribution in [2.75, 3.05) is 0 Å². The predicted molar refractivity (Wildman–Crippen MR) is 43.6 cm³/mol. The summed E-state index contributed by atoms with van der Waals surface area (Å²) in [5, 5.41) is -0.341. The fraction of sp³-hybridized carbons (Fsp3) is 0.375. The molecule has 0 unspecified atom stereocenters. The number of aryl methyl sites for hydroxylation is 1. The molecule has 1 heterocycles. The number of hydrogen-bond acceptors (Lipinski definition) is 1. The highest BCUT2D eigenvalue weighted by molar-refractivity contribution is 6.31. The van der Waals surface area contributed by atoms with Crippen molar-refractivity contribution in [1.29, 1.82) is 0 Å². The lowest BCUT2D eigenvalue weighted by molar-refractivity contribution is -0.138. The topological polar surface area (TPSA) is 12.9 Å². The molecule has 0 N–H and O–H groups in total. The normalized spacial score (nSPS) is 11.8. The number of halogens is 4. The summed E-state index contributed by atoms with van der Waals surface area (Å²) in [6.45, 7) is 1.63. The molecule has 1 rings (SSSR count). The van der Waals surface area contributed by atoms with Crippen LogP contribution in [-0.2, 0) is 12.6 Å². The van der Waals surface area contributed by atoms with E-state index in [0.717, 1.165) is 6.20 Å². The zero-order valence-corrected chi connectivity index (χ0v) is 7.58. The Morgan fingerprint density at radius 1 is 1.38 bits per heavy atom. The second-order valence-corrected chi connectivity index (χ2v) is 2.91. The first-order valence-corrected chi connectivity index (χ1v) is 4.04. The zero-order valence-electron chi connectivity index (χ0n) is 6.82. The van der Waals surface area contributed by atoms with Gasteiger partial charge in [-0.05, 0) is 12.0 Å². The lowest BCUT2D eigenvalue weighted by Gasteiger charge is -2.12. The van der Waals surface area contributed by atoms with Crippen LogP contribution >= 0.6 is 11.6 Å². The maximum Gasteiger partial charge on any atom is 0.418 e. The van der Waals surface area contributed by atoms with Crippen LogP contribution < -0.4 is 0 Å². The molecule has 0 aliphatic carbocycles. The van der Waals surface area contributed by atoms with Crippen molar-refractivity contribution >= 4 is 11.6 Å². The molecule has 1 aromatic rings. The largest absolute Gasteiger partial charge is 0.418 e. The van der Waals surface area contributed by atoms with Crippen LogP contribution in [0.2, 0.25) is 5.02 Å². The SMILES string of the molecule is CCc1cncc(Cl)c1C(F)(F)F. The molecule has 1 nitrogen and oxygen atoms in total. The van der Waals surface area contributed by atoms with Gasteiger partial charge in [-0.3, -0.25) is 4.98 Å². The number of rotatable bonds is 1. The van der Waals surface area contributed by atoms with Crippen LogP contribution in [-0.4, -0.2) is 4.98 Å². The number of aromatic nitrogens is 1. The van der Waals surface area contributed by atoms with Crippen LogP contribution in [0.1, 0.15) is 18.1 Å². The van der Waals surface area contributed by atoms with E-state index in [-0.39, 0.29) is 17.0 Å². The first-order valence-electron chi connectivity index (χ1n) is 3.66. The van der Waals surface area contributed by atoms with Crippen molar-refractivity contribution in [2.45, 2.75) is 19.5 Å². The lowest BCUT2D eigenvalue weighted by Crippen LogP contribution is -2.10.